The number of aryl methyl sites for hydroxylation is 1. The molecule has 4 aromatic rings. The molecule has 0 bridgehead atoms. The third kappa shape index (κ3) is 3.15. The van der Waals surface area contributed by atoms with Gasteiger partial charge in [-0.15, -0.1) is 0 Å². The largest absolute Gasteiger partial charge is 0.344 e. The molecule has 0 aliphatic rings. The van der Waals surface area contributed by atoms with Crippen LogP contribution < -0.4 is 10.6 Å². The number of ketones is 1. The molecule has 27 heavy (non-hydrogen) atoms. The summed E-state index contributed by atoms with van der Waals surface area (Å²) in [7, 11) is 2.04. The molecule has 134 valence electrons. The van der Waals surface area contributed by atoms with E-state index in [0.717, 1.165) is 27.5 Å². The summed E-state index contributed by atoms with van der Waals surface area (Å²) in [6.07, 6.45) is 0. The van der Waals surface area contributed by atoms with Crippen LogP contribution in [0.15, 0.2) is 66.7 Å². The standard InChI is InChI=1S/C22H19N3O2/c1-14(26)15-7-9-16(10-8-15)23-22(27)24-17-11-12-21-19(13-17)18-5-3-4-6-20(18)25(21)2/h3-13H,1-2H3,(H2,23,24,27). The second kappa shape index (κ2) is 6.61. The molecule has 0 saturated heterocycles. The monoisotopic (exact) mass is 357 g/mol. The van der Waals surface area contributed by atoms with E-state index in [2.05, 4.69) is 27.3 Å². The Hall–Kier alpha value is -3.60. The molecular weight excluding hydrogens is 338 g/mol. The van der Waals surface area contributed by atoms with Crippen molar-refractivity contribution in [1.82, 2.24) is 4.57 Å². The Morgan fingerprint density at radius 3 is 2.15 bits per heavy atom. The number of fused-ring (bicyclic) bond motifs is 3. The van der Waals surface area contributed by atoms with Gasteiger partial charge in [-0.2, -0.15) is 0 Å². The van der Waals surface area contributed by atoms with Gasteiger partial charge in [0, 0.05) is 45.8 Å². The van der Waals surface area contributed by atoms with Gasteiger partial charge in [0.1, 0.15) is 0 Å². The number of benzene rings is 3. The van der Waals surface area contributed by atoms with E-state index in [4.69, 9.17) is 0 Å². The van der Waals surface area contributed by atoms with Crippen LogP contribution in [0.2, 0.25) is 0 Å². The Kier molecular flexibility index (Phi) is 4.12. The number of hydrogen-bond acceptors (Lipinski definition) is 2. The summed E-state index contributed by atoms with van der Waals surface area (Å²) in [6.45, 7) is 1.51. The first kappa shape index (κ1) is 16.8. The first-order valence-corrected chi connectivity index (χ1v) is 8.69. The molecule has 1 heterocycles. The number of anilines is 2. The van der Waals surface area contributed by atoms with Gasteiger partial charge in [0.2, 0.25) is 0 Å². The van der Waals surface area contributed by atoms with Gasteiger partial charge < -0.3 is 15.2 Å². The van der Waals surface area contributed by atoms with Gasteiger partial charge in [0.05, 0.1) is 0 Å². The molecule has 5 heteroatoms. The highest BCUT2D eigenvalue weighted by atomic mass is 16.2. The van der Waals surface area contributed by atoms with Crippen molar-refractivity contribution in [2.45, 2.75) is 6.92 Å². The summed E-state index contributed by atoms with van der Waals surface area (Å²) >= 11 is 0. The van der Waals surface area contributed by atoms with Gasteiger partial charge in [-0.05, 0) is 55.5 Å². The summed E-state index contributed by atoms with van der Waals surface area (Å²) in [5.41, 5.74) is 4.23. The topological polar surface area (TPSA) is 63.1 Å². The lowest BCUT2D eigenvalue weighted by molar-refractivity contribution is 0.101. The Morgan fingerprint density at radius 1 is 0.778 bits per heavy atom. The van der Waals surface area contributed by atoms with E-state index in [-0.39, 0.29) is 11.8 Å². The van der Waals surface area contributed by atoms with Gasteiger partial charge in [0.15, 0.2) is 5.78 Å². The van der Waals surface area contributed by atoms with Crippen molar-refractivity contribution in [2.75, 3.05) is 10.6 Å². The van der Waals surface area contributed by atoms with E-state index in [0.29, 0.717) is 11.3 Å². The minimum Gasteiger partial charge on any atom is -0.344 e. The van der Waals surface area contributed by atoms with Crippen molar-refractivity contribution in [1.29, 1.82) is 0 Å². The summed E-state index contributed by atoms with van der Waals surface area (Å²) in [6, 6.07) is 20.6. The zero-order valence-electron chi connectivity index (χ0n) is 15.1. The van der Waals surface area contributed by atoms with E-state index >= 15 is 0 Å². The van der Waals surface area contributed by atoms with Crippen LogP contribution in [0.25, 0.3) is 21.8 Å². The minimum absolute atomic E-state index is 0.00519. The predicted molar refractivity (Wildman–Crippen MR) is 110 cm³/mol. The molecular formula is C22H19N3O2. The van der Waals surface area contributed by atoms with Crippen LogP contribution in [0.1, 0.15) is 17.3 Å². The molecule has 0 saturated carbocycles. The quantitative estimate of drug-likeness (QED) is 0.496. The van der Waals surface area contributed by atoms with Gasteiger partial charge in [-0.25, -0.2) is 4.79 Å². The third-order valence-corrected chi connectivity index (χ3v) is 4.72. The van der Waals surface area contributed by atoms with Crippen molar-refractivity contribution >= 4 is 45.0 Å². The van der Waals surface area contributed by atoms with Crippen molar-refractivity contribution < 1.29 is 9.59 Å². The van der Waals surface area contributed by atoms with Crippen molar-refractivity contribution in [2.24, 2.45) is 7.05 Å². The molecule has 5 nitrogen and oxygen atoms in total. The molecule has 1 aromatic heterocycles. The highest BCUT2D eigenvalue weighted by Gasteiger charge is 2.10. The number of Topliss-reactive ketones (excluding diaryl/α,β-unsaturated/α-hetero) is 1. The first-order chi connectivity index (χ1) is 13.0. The number of carbonyl (C=O) groups excluding carboxylic acids is 2. The van der Waals surface area contributed by atoms with Crippen LogP contribution in [0, 0.1) is 0 Å². The van der Waals surface area contributed by atoms with Crippen LogP contribution in [0.4, 0.5) is 16.2 Å². The van der Waals surface area contributed by atoms with Gasteiger partial charge in [-0.1, -0.05) is 18.2 Å². The number of hydrogen-bond donors (Lipinski definition) is 2. The number of aromatic nitrogens is 1. The lowest BCUT2D eigenvalue weighted by Crippen LogP contribution is -2.19. The van der Waals surface area contributed by atoms with Crippen molar-refractivity contribution in [3.8, 4) is 0 Å². The van der Waals surface area contributed by atoms with E-state index in [1.54, 1.807) is 24.3 Å². The lowest BCUT2D eigenvalue weighted by atomic mass is 10.1. The fourth-order valence-electron chi connectivity index (χ4n) is 3.33. The predicted octanol–water partition coefficient (Wildman–Crippen LogP) is 5.18. The SMILES string of the molecule is CC(=O)c1ccc(NC(=O)Nc2ccc3c(c2)c2ccccc2n3C)cc1. The van der Waals surface area contributed by atoms with Crippen LogP contribution in [0.5, 0.6) is 0 Å². The maximum absolute atomic E-state index is 12.3. The Labute approximate surface area is 156 Å². The summed E-state index contributed by atoms with van der Waals surface area (Å²) < 4.78 is 2.14. The average molecular weight is 357 g/mol. The lowest BCUT2D eigenvalue weighted by Gasteiger charge is -2.08. The third-order valence-electron chi connectivity index (χ3n) is 4.72. The number of rotatable bonds is 3. The number of carbonyl (C=O) groups is 2. The van der Waals surface area contributed by atoms with Gasteiger partial charge in [-0.3, -0.25) is 4.79 Å². The minimum atomic E-state index is -0.329. The molecule has 0 fully saturated rings. The van der Waals surface area contributed by atoms with E-state index in [1.807, 2.05) is 37.4 Å². The van der Waals surface area contributed by atoms with Crippen LogP contribution in [-0.4, -0.2) is 16.4 Å². The summed E-state index contributed by atoms with van der Waals surface area (Å²) in [4.78, 5) is 23.6. The summed E-state index contributed by atoms with van der Waals surface area (Å²) in [5, 5.41) is 7.89. The average Bonchev–Trinajstić information content (AvgIpc) is 2.94. The highest BCUT2D eigenvalue weighted by Crippen LogP contribution is 2.30. The van der Waals surface area contributed by atoms with Crippen molar-refractivity contribution in [3.63, 3.8) is 0 Å². The fourth-order valence-corrected chi connectivity index (χ4v) is 3.33. The molecule has 4 rings (SSSR count). The maximum atomic E-state index is 12.3. The molecule has 0 atom stereocenters. The molecule has 2 amide bonds. The molecule has 0 aliphatic heterocycles. The molecule has 0 unspecified atom stereocenters. The normalized spacial score (nSPS) is 10.9. The number of nitrogens with zero attached hydrogens (tertiary/aromatic N) is 1. The Morgan fingerprint density at radius 2 is 1.41 bits per heavy atom. The number of para-hydroxylation sites is 1. The molecule has 2 N–H and O–H groups in total. The van der Waals surface area contributed by atoms with E-state index in [9.17, 15) is 9.59 Å². The van der Waals surface area contributed by atoms with Crippen molar-refractivity contribution in [3.05, 3.63) is 72.3 Å². The number of nitrogens with one attached hydrogen (secondary N) is 2. The molecule has 3 aromatic carbocycles. The molecule has 0 radical (unpaired) electrons. The second-order valence-corrected chi connectivity index (χ2v) is 6.52. The van der Waals surface area contributed by atoms with Crippen LogP contribution >= 0.6 is 0 Å². The van der Waals surface area contributed by atoms with E-state index in [1.165, 1.54) is 6.92 Å². The Balaban J connectivity index is 1.57. The van der Waals surface area contributed by atoms with Gasteiger partial charge in [0.25, 0.3) is 0 Å². The Bertz CT molecular complexity index is 1170. The van der Waals surface area contributed by atoms with Crippen LogP contribution in [0.3, 0.4) is 0 Å². The van der Waals surface area contributed by atoms with E-state index < -0.39 is 0 Å². The first-order valence-electron chi connectivity index (χ1n) is 8.69. The maximum Gasteiger partial charge on any atom is 0.323 e. The fraction of sp³-hybridized carbons (Fsp3) is 0.0909. The number of amides is 2. The highest BCUT2D eigenvalue weighted by molar-refractivity contribution is 6.10. The second-order valence-electron chi connectivity index (χ2n) is 6.52. The summed E-state index contributed by atoms with van der Waals surface area (Å²) in [5.74, 6) is -0.00519. The number of urea groups is 1. The molecule has 0 aliphatic carbocycles. The zero-order valence-corrected chi connectivity index (χ0v) is 15.1. The molecule has 0 spiro atoms. The van der Waals surface area contributed by atoms with Crippen LogP contribution in [-0.2, 0) is 7.05 Å². The smallest absolute Gasteiger partial charge is 0.323 e. The zero-order chi connectivity index (χ0) is 19.0. The van der Waals surface area contributed by atoms with Gasteiger partial charge >= 0.3 is 6.03 Å².